The van der Waals surface area contributed by atoms with Crippen molar-refractivity contribution in [3.8, 4) is 0 Å². The molecule has 0 aliphatic rings. The van der Waals surface area contributed by atoms with E-state index in [0.717, 1.165) is 5.69 Å². The minimum Gasteiger partial charge on any atom is -0.292 e. The molecule has 7 heteroatoms. The minimum absolute atomic E-state index is 0.169. The van der Waals surface area contributed by atoms with Crippen molar-refractivity contribution >= 4 is 27.5 Å². The van der Waals surface area contributed by atoms with Crippen molar-refractivity contribution in [3.05, 3.63) is 44.3 Å². The van der Waals surface area contributed by atoms with E-state index < -0.39 is 0 Å². The molecule has 0 fully saturated rings. The summed E-state index contributed by atoms with van der Waals surface area (Å²) in [5, 5.41) is 4.35. The van der Waals surface area contributed by atoms with Crippen molar-refractivity contribution in [1.82, 2.24) is 19.3 Å². The van der Waals surface area contributed by atoms with Crippen molar-refractivity contribution in [1.29, 1.82) is 0 Å². The standard InChI is InChI=1S/C9H8BrClN4O/c1-14-3-2-6(13-14)4-15-5-12-8(11)7(10)9(15)16/h2-3,5H,4H2,1H3. The van der Waals surface area contributed by atoms with Crippen LogP contribution < -0.4 is 5.56 Å². The van der Waals surface area contributed by atoms with Crippen LogP contribution in [0.5, 0.6) is 0 Å². The SMILES string of the molecule is Cn1ccc(Cn2cnc(Cl)c(Br)c2=O)n1. The lowest BCUT2D eigenvalue weighted by atomic mass is 10.4. The van der Waals surface area contributed by atoms with Crippen LogP contribution in [-0.2, 0) is 13.6 Å². The number of hydrogen-bond acceptors (Lipinski definition) is 3. The Bertz CT molecular complexity index is 577. The van der Waals surface area contributed by atoms with Crippen molar-refractivity contribution in [2.75, 3.05) is 0 Å². The molecule has 0 N–H and O–H groups in total. The van der Waals surface area contributed by atoms with E-state index in [9.17, 15) is 4.79 Å². The van der Waals surface area contributed by atoms with Gasteiger partial charge in [-0.2, -0.15) is 5.10 Å². The molecule has 0 saturated heterocycles. The lowest BCUT2D eigenvalue weighted by Crippen LogP contribution is -2.22. The van der Waals surface area contributed by atoms with E-state index in [1.165, 1.54) is 10.9 Å². The molecule has 0 spiro atoms. The normalized spacial score (nSPS) is 10.7. The van der Waals surface area contributed by atoms with Crippen molar-refractivity contribution in [2.45, 2.75) is 6.54 Å². The highest BCUT2D eigenvalue weighted by atomic mass is 79.9. The van der Waals surface area contributed by atoms with E-state index in [1.54, 1.807) is 4.68 Å². The molecule has 2 heterocycles. The van der Waals surface area contributed by atoms with Gasteiger partial charge in [-0.15, -0.1) is 0 Å². The van der Waals surface area contributed by atoms with E-state index in [1.807, 2.05) is 19.3 Å². The Kier molecular flexibility index (Phi) is 3.11. The Morgan fingerprint density at radius 2 is 2.31 bits per heavy atom. The summed E-state index contributed by atoms with van der Waals surface area (Å²) in [6, 6.07) is 1.84. The van der Waals surface area contributed by atoms with Crippen LogP contribution in [0.15, 0.2) is 27.9 Å². The second-order valence-corrected chi connectivity index (χ2v) is 4.41. The van der Waals surface area contributed by atoms with Gasteiger partial charge in [0.15, 0.2) is 5.15 Å². The first-order chi connectivity index (χ1) is 7.58. The van der Waals surface area contributed by atoms with Crippen molar-refractivity contribution < 1.29 is 0 Å². The van der Waals surface area contributed by atoms with Gasteiger partial charge in [0.05, 0.1) is 18.6 Å². The van der Waals surface area contributed by atoms with Gasteiger partial charge in [0, 0.05) is 13.2 Å². The Balaban J connectivity index is 2.36. The first kappa shape index (κ1) is 11.3. The molecule has 16 heavy (non-hydrogen) atoms. The minimum atomic E-state index is -0.217. The van der Waals surface area contributed by atoms with E-state index in [-0.39, 0.29) is 15.2 Å². The summed E-state index contributed by atoms with van der Waals surface area (Å²) in [5.74, 6) is 0. The van der Waals surface area contributed by atoms with E-state index >= 15 is 0 Å². The molecular weight excluding hydrogens is 295 g/mol. The smallest absolute Gasteiger partial charge is 0.269 e. The highest BCUT2D eigenvalue weighted by molar-refractivity contribution is 9.10. The molecule has 2 rings (SSSR count). The Morgan fingerprint density at radius 3 is 2.94 bits per heavy atom. The summed E-state index contributed by atoms with van der Waals surface area (Å²) in [7, 11) is 1.82. The Labute approximate surface area is 105 Å². The van der Waals surface area contributed by atoms with Gasteiger partial charge in [-0.25, -0.2) is 4.98 Å². The Hall–Kier alpha value is -1.14. The summed E-state index contributed by atoms with van der Waals surface area (Å²) in [5.41, 5.74) is 0.575. The van der Waals surface area contributed by atoms with Crippen LogP contribution in [0.25, 0.3) is 0 Å². The number of aromatic nitrogens is 4. The molecule has 5 nitrogen and oxygen atoms in total. The molecule has 0 aliphatic carbocycles. The molecule has 2 aromatic heterocycles. The molecule has 0 radical (unpaired) electrons. The second kappa shape index (κ2) is 4.39. The van der Waals surface area contributed by atoms with Gasteiger partial charge in [0.2, 0.25) is 0 Å². The maximum atomic E-state index is 11.8. The van der Waals surface area contributed by atoms with Crippen molar-refractivity contribution in [3.63, 3.8) is 0 Å². The predicted molar refractivity (Wildman–Crippen MR) is 63.5 cm³/mol. The molecule has 0 aliphatic heterocycles. The average Bonchev–Trinajstić information content (AvgIpc) is 2.65. The largest absolute Gasteiger partial charge is 0.292 e. The van der Waals surface area contributed by atoms with Crippen LogP contribution in [0.4, 0.5) is 0 Å². The van der Waals surface area contributed by atoms with Gasteiger partial charge in [-0.1, -0.05) is 11.6 Å². The van der Waals surface area contributed by atoms with E-state index in [4.69, 9.17) is 11.6 Å². The molecule has 2 aromatic rings. The topological polar surface area (TPSA) is 52.7 Å². The predicted octanol–water partition coefficient (Wildman–Crippen LogP) is 1.44. The Morgan fingerprint density at radius 1 is 1.56 bits per heavy atom. The molecule has 0 saturated carbocycles. The fraction of sp³-hybridized carbons (Fsp3) is 0.222. The fourth-order valence-electron chi connectivity index (χ4n) is 1.28. The third kappa shape index (κ3) is 2.17. The molecule has 0 aromatic carbocycles. The van der Waals surface area contributed by atoms with Crippen LogP contribution >= 0.6 is 27.5 Å². The van der Waals surface area contributed by atoms with Crippen LogP contribution in [0.3, 0.4) is 0 Å². The number of halogens is 2. The number of aryl methyl sites for hydroxylation is 1. The van der Waals surface area contributed by atoms with E-state index in [0.29, 0.717) is 6.54 Å². The van der Waals surface area contributed by atoms with Crippen molar-refractivity contribution in [2.24, 2.45) is 7.05 Å². The van der Waals surface area contributed by atoms with Crippen LogP contribution in [0.1, 0.15) is 5.69 Å². The van der Waals surface area contributed by atoms with Gasteiger partial charge in [0.25, 0.3) is 5.56 Å². The quantitative estimate of drug-likeness (QED) is 0.789. The zero-order valence-corrected chi connectivity index (χ0v) is 10.7. The maximum Gasteiger partial charge on any atom is 0.269 e. The average molecular weight is 304 g/mol. The zero-order valence-electron chi connectivity index (χ0n) is 8.39. The van der Waals surface area contributed by atoms with Gasteiger partial charge >= 0.3 is 0 Å². The summed E-state index contributed by atoms with van der Waals surface area (Å²) in [6.07, 6.45) is 3.23. The van der Waals surface area contributed by atoms with Gasteiger partial charge in [0.1, 0.15) is 4.47 Å². The number of rotatable bonds is 2. The molecule has 84 valence electrons. The van der Waals surface area contributed by atoms with Gasteiger partial charge in [-0.3, -0.25) is 14.0 Å². The summed E-state index contributed by atoms with van der Waals surface area (Å²) >= 11 is 8.80. The fourth-order valence-corrected chi connectivity index (χ4v) is 1.73. The second-order valence-electron chi connectivity index (χ2n) is 3.26. The van der Waals surface area contributed by atoms with Gasteiger partial charge in [-0.05, 0) is 22.0 Å². The highest BCUT2D eigenvalue weighted by Gasteiger charge is 2.08. The summed E-state index contributed by atoms with van der Waals surface area (Å²) in [4.78, 5) is 15.6. The van der Waals surface area contributed by atoms with Crippen LogP contribution in [0.2, 0.25) is 5.15 Å². The van der Waals surface area contributed by atoms with Gasteiger partial charge < -0.3 is 0 Å². The molecule has 0 amide bonds. The lowest BCUT2D eigenvalue weighted by molar-refractivity contribution is 0.679. The van der Waals surface area contributed by atoms with Crippen LogP contribution in [-0.4, -0.2) is 19.3 Å². The molecule has 0 bridgehead atoms. The first-order valence-electron chi connectivity index (χ1n) is 4.47. The molecule has 0 unspecified atom stereocenters. The van der Waals surface area contributed by atoms with Crippen LogP contribution in [0, 0.1) is 0 Å². The van der Waals surface area contributed by atoms with E-state index in [2.05, 4.69) is 26.0 Å². The molecule has 0 atom stereocenters. The first-order valence-corrected chi connectivity index (χ1v) is 5.64. The lowest BCUT2D eigenvalue weighted by Gasteiger charge is -2.03. The summed E-state index contributed by atoms with van der Waals surface area (Å²) < 4.78 is 3.39. The third-order valence-corrected chi connectivity index (χ3v) is 3.27. The summed E-state index contributed by atoms with van der Waals surface area (Å²) in [6.45, 7) is 0.377. The monoisotopic (exact) mass is 302 g/mol. The highest BCUT2D eigenvalue weighted by Crippen LogP contribution is 2.13. The number of nitrogens with zero attached hydrogens (tertiary/aromatic N) is 4. The maximum absolute atomic E-state index is 11.8. The molecular formula is C9H8BrClN4O. The zero-order chi connectivity index (χ0) is 11.7. The number of hydrogen-bond donors (Lipinski definition) is 0. The third-order valence-electron chi connectivity index (χ3n) is 2.04.